The summed E-state index contributed by atoms with van der Waals surface area (Å²) in [6, 6.07) is 0.570. The third-order valence-electron chi connectivity index (χ3n) is 2.92. The Morgan fingerprint density at radius 1 is 1.44 bits per heavy atom. The fourth-order valence-corrected chi connectivity index (χ4v) is 2.08. The lowest BCUT2D eigenvalue weighted by Crippen LogP contribution is -2.34. The van der Waals surface area contributed by atoms with E-state index in [4.69, 9.17) is 0 Å². The molecule has 0 saturated heterocycles. The van der Waals surface area contributed by atoms with Crippen molar-refractivity contribution in [2.75, 3.05) is 6.54 Å². The number of aromatic nitrogens is 2. The summed E-state index contributed by atoms with van der Waals surface area (Å²) in [5, 5.41) is 3.60. The molecular formula is C12H18BrN3. The van der Waals surface area contributed by atoms with Crippen molar-refractivity contribution < 1.29 is 0 Å². The molecule has 0 aromatic carbocycles. The highest BCUT2D eigenvalue weighted by molar-refractivity contribution is 9.10. The summed E-state index contributed by atoms with van der Waals surface area (Å²) in [5.41, 5.74) is 0. The lowest BCUT2D eigenvalue weighted by molar-refractivity contribution is 0.452. The van der Waals surface area contributed by atoms with Gasteiger partial charge in [0.1, 0.15) is 5.82 Å². The average molecular weight is 284 g/mol. The maximum Gasteiger partial charge on any atom is 0.129 e. The molecule has 1 aromatic rings. The molecule has 0 amide bonds. The van der Waals surface area contributed by atoms with Crippen LogP contribution in [0.1, 0.15) is 32.0 Å². The Labute approximate surface area is 105 Å². The predicted molar refractivity (Wildman–Crippen MR) is 68.2 cm³/mol. The SMILES string of the molecule is CCCNC(Cc1ncc(Br)cn1)C1CC1. The molecule has 2 rings (SSSR count). The zero-order valence-corrected chi connectivity index (χ0v) is 11.2. The van der Waals surface area contributed by atoms with E-state index in [9.17, 15) is 0 Å². The molecule has 3 nitrogen and oxygen atoms in total. The first-order chi connectivity index (χ1) is 7.79. The monoisotopic (exact) mass is 283 g/mol. The summed E-state index contributed by atoms with van der Waals surface area (Å²) in [4.78, 5) is 8.68. The highest BCUT2D eigenvalue weighted by atomic mass is 79.9. The fourth-order valence-electron chi connectivity index (χ4n) is 1.87. The Bertz CT molecular complexity index is 322. The normalized spacial score (nSPS) is 17.4. The molecule has 16 heavy (non-hydrogen) atoms. The van der Waals surface area contributed by atoms with E-state index in [1.807, 2.05) is 12.4 Å². The van der Waals surface area contributed by atoms with Gasteiger partial charge in [-0.25, -0.2) is 9.97 Å². The van der Waals surface area contributed by atoms with E-state index >= 15 is 0 Å². The second-order valence-electron chi connectivity index (χ2n) is 4.42. The summed E-state index contributed by atoms with van der Waals surface area (Å²) < 4.78 is 0.945. The third-order valence-corrected chi connectivity index (χ3v) is 3.33. The molecule has 1 saturated carbocycles. The van der Waals surface area contributed by atoms with E-state index in [-0.39, 0.29) is 0 Å². The summed E-state index contributed by atoms with van der Waals surface area (Å²) in [6.07, 6.45) is 8.51. The molecule has 1 unspecified atom stereocenters. The average Bonchev–Trinajstić information content (AvgIpc) is 3.11. The van der Waals surface area contributed by atoms with Gasteiger partial charge in [-0.15, -0.1) is 0 Å². The maximum absolute atomic E-state index is 4.34. The number of hydrogen-bond donors (Lipinski definition) is 1. The van der Waals surface area contributed by atoms with E-state index in [2.05, 4.69) is 38.1 Å². The van der Waals surface area contributed by atoms with E-state index in [1.54, 1.807) is 0 Å². The number of nitrogens with zero attached hydrogens (tertiary/aromatic N) is 2. The summed E-state index contributed by atoms with van der Waals surface area (Å²) >= 11 is 3.35. The van der Waals surface area contributed by atoms with Crippen molar-refractivity contribution in [3.05, 3.63) is 22.7 Å². The van der Waals surface area contributed by atoms with Gasteiger partial charge in [-0.05, 0) is 47.7 Å². The Morgan fingerprint density at radius 2 is 2.12 bits per heavy atom. The Hall–Kier alpha value is -0.480. The van der Waals surface area contributed by atoms with Crippen molar-refractivity contribution in [1.82, 2.24) is 15.3 Å². The van der Waals surface area contributed by atoms with Crippen molar-refractivity contribution >= 4 is 15.9 Å². The van der Waals surface area contributed by atoms with Crippen LogP contribution < -0.4 is 5.32 Å². The summed E-state index contributed by atoms with van der Waals surface area (Å²) in [5.74, 6) is 1.79. The second kappa shape index (κ2) is 5.73. The van der Waals surface area contributed by atoms with Gasteiger partial charge in [0.05, 0.1) is 4.47 Å². The first-order valence-electron chi connectivity index (χ1n) is 5.99. The van der Waals surface area contributed by atoms with Crippen molar-refractivity contribution in [3.8, 4) is 0 Å². The lowest BCUT2D eigenvalue weighted by Gasteiger charge is -2.16. The van der Waals surface area contributed by atoms with Crippen molar-refractivity contribution in [1.29, 1.82) is 0 Å². The first kappa shape index (κ1) is 12.0. The van der Waals surface area contributed by atoms with E-state index < -0.39 is 0 Å². The van der Waals surface area contributed by atoms with Crippen LogP contribution in [0.15, 0.2) is 16.9 Å². The third kappa shape index (κ3) is 3.52. The van der Waals surface area contributed by atoms with Gasteiger partial charge in [0.25, 0.3) is 0 Å². The number of rotatable bonds is 6. The van der Waals surface area contributed by atoms with E-state index in [0.29, 0.717) is 6.04 Å². The summed E-state index contributed by atoms with van der Waals surface area (Å²) in [7, 11) is 0. The van der Waals surface area contributed by atoms with Crippen LogP contribution in [-0.4, -0.2) is 22.6 Å². The topological polar surface area (TPSA) is 37.8 Å². The van der Waals surface area contributed by atoms with Crippen molar-refractivity contribution in [2.45, 2.75) is 38.6 Å². The fraction of sp³-hybridized carbons (Fsp3) is 0.667. The minimum atomic E-state index is 0.570. The highest BCUT2D eigenvalue weighted by Crippen LogP contribution is 2.33. The first-order valence-corrected chi connectivity index (χ1v) is 6.78. The van der Waals surface area contributed by atoms with Crippen LogP contribution in [0.25, 0.3) is 0 Å². The molecule has 0 aliphatic heterocycles. The van der Waals surface area contributed by atoms with Gasteiger partial charge in [0.2, 0.25) is 0 Å². The molecule has 1 aliphatic carbocycles. The van der Waals surface area contributed by atoms with Crippen LogP contribution in [0, 0.1) is 5.92 Å². The Balaban J connectivity index is 1.91. The lowest BCUT2D eigenvalue weighted by atomic mass is 10.1. The van der Waals surface area contributed by atoms with Gasteiger partial charge >= 0.3 is 0 Å². The van der Waals surface area contributed by atoms with Gasteiger partial charge in [0, 0.05) is 24.9 Å². The van der Waals surface area contributed by atoms with Crippen LogP contribution in [0.5, 0.6) is 0 Å². The van der Waals surface area contributed by atoms with Gasteiger partial charge in [-0.2, -0.15) is 0 Å². The van der Waals surface area contributed by atoms with Crippen molar-refractivity contribution in [3.63, 3.8) is 0 Å². The zero-order valence-electron chi connectivity index (χ0n) is 9.62. The second-order valence-corrected chi connectivity index (χ2v) is 5.34. The molecule has 1 N–H and O–H groups in total. The van der Waals surface area contributed by atoms with Crippen LogP contribution in [-0.2, 0) is 6.42 Å². The molecule has 1 atom stereocenters. The van der Waals surface area contributed by atoms with Crippen LogP contribution in [0.2, 0.25) is 0 Å². The molecule has 1 aliphatic rings. The molecule has 4 heteroatoms. The minimum absolute atomic E-state index is 0.570. The van der Waals surface area contributed by atoms with Gasteiger partial charge < -0.3 is 5.32 Å². The van der Waals surface area contributed by atoms with E-state index in [1.165, 1.54) is 19.3 Å². The smallest absolute Gasteiger partial charge is 0.129 e. The van der Waals surface area contributed by atoms with Gasteiger partial charge in [0.15, 0.2) is 0 Å². The number of hydrogen-bond acceptors (Lipinski definition) is 3. The molecule has 0 radical (unpaired) electrons. The maximum atomic E-state index is 4.34. The van der Waals surface area contributed by atoms with Crippen LogP contribution in [0.3, 0.4) is 0 Å². The molecule has 0 spiro atoms. The highest BCUT2D eigenvalue weighted by Gasteiger charge is 2.31. The molecular weight excluding hydrogens is 266 g/mol. The Morgan fingerprint density at radius 3 is 2.69 bits per heavy atom. The standard InChI is InChI=1S/C12H18BrN3/c1-2-5-14-11(9-3-4-9)6-12-15-7-10(13)8-16-12/h7-9,11,14H,2-6H2,1H3. The quantitative estimate of drug-likeness (QED) is 0.872. The minimum Gasteiger partial charge on any atom is -0.313 e. The van der Waals surface area contributed by atoms with Crippen LogP contribution >= 0.6 is 15.9 Å². The van der Waals surface area contributed by atoms with Gasteiger partial charge in [-0.1, -0.05) is 6.92 Å². The number of nitrogens with one attached hydrogen (secondary N) is 1. The van der Waals surface area contributed by atoms with E-state index in [0.717, 1.165) is 29.2 Å². The Kier molecular flexibility index (Phi) is 4.29. The summed E-state index contributed by atoms with van der Waals surface area (Å²) in [6.45, 7) is 3.30. The van der Waals surface area contributed by atoms with Crippen LogP contribution in [0.4, 0.5) is 0 Å². The largest absolute Gasteiger partial charge is 0.313 e. The zero-order chi connectivity index (χ0) is 11.4. The van der Waals surface area contributed by atoms with Crippen molar-refractivity contribution in [2.24, 2.45) is 5.92 Å². The molecule has 0 bridgehead atoms. The molecule has 88 valence electrons. The predicted octanol–water partition coefficient (Wildman–Crippen LogP) is 2.56. The molecule has 1 aromatic heterocycles. The molecule has 1 heterocycles. The number of halogens is 1. The molecule has 1 fully saturated rings. The van der Waals surface area contributed by atoms with Gasteiger partial charge in [-0.3, -0.25) is 0 Å².